The van der Waals surface area contributed by atoms with Gasteiger partial charge in [0, 0.05) is 24.4 Å². The Hall–Kier alpha value is -1.86. The molecule has 1 aromatic rings. The van der Waals surface area contributed by atoms with Gasteiger partial charge in [0.25, 0.3) is 0 Å². The van der Waals surface area contributed by atoms with E-state index in [1.165, 1.54) is 0 Å². The van der Waals surface area contributed by atoms with E-state index in [0.29, 0.717) is 6.42 Å². The highest BCUT2D eigenvalue weighted by Gasteiger charge is 2.51. The molecular formula is C26H38BNO5. The third-order valence-corrected chi connectivity index (χ3v) is 7.68. The van der Waals surface area contributed by atoms with Crippen molar-refractivity contribution >= 4 is 24.5 Å². The third-order valence-electron chi connectivity index (χ3n) is 7.68. The van der Waals surface area contributed by atoms with Gasteiger partial charge in [0.15, 0.2) is 0 Å². The molecule has 33 heavy (non-hydrogen) atoms. The van der Waals surface area contributed by atoms with E-state index in [1.807, 2.05) is 77.6 Å². The van der Waals surface area contributed by atoms with Gasteiger partial charge >= 0.3 is 13.2 Å². The molecule has 2 atom stereocenters. The van der Waals surface area contributed by atoms with Gasteiger partial charge < -0.3 is 18.9 Å². The van der Waals surface area contributed by atoms with Crippen molar-refractivity contribution in [2.75, 3.05) is 0 Å². The molecule has 0 aliphatic carbocycles. The molecule has 0 saturated carbocycles. The molecule has 1 amide bonds. The minimum absolute atomic E-state index is 0.00367. The minimum Gasteiger partial charge on any atom is -0.444 e. The number of nitrogens with zero attached hydrogens (tertiary/aromatic N) is 1. The summed E-state index contributed by atoms with van der Waals surface area (Å²) in [6, 6.07) is 8.22. The van der Waals surface area contributed by atoms with Crippen LogP contribution in [0.1, 0.15) is 79.7 Å². The van der Waals surface area contributed by atoms with Crippen LogP contribution in [-0.4, -0.2) is 52.8 Å². The Kier molecular flexibility index (Phi) is 6.19. The maximum absolute atomic E-state index is 13.1. The van der Waals surface area contributed by atoms with Crippen molar-refractivity contribution in [2.45, 2.75) is 109 Å². The SMILES string of the molecule is CC(C)(C)OC(=O)N1C2CCC1CC(C(=O)Cc1ccc(B3OC(C)(C)C(C)(C)O3)cc1)C2. The first-order chi connectivity index (χ1) is 15.3. The predicted molar refractivity (Wildman–Crippen MR) is 128 cm³/mol. The normalized spacial score (nSPS) is 28.2. The van der Waals surface area contributed by atoms with Crippen molar-refractivity contribution in [1.29, 1.82) is 0 Å². The van der Waals surface area contributed by atoms with Crippen molar-refractivity contribution in [3.8, 4) is 0 Å². The van der Waals surface area contributed by atoms with Gasteiger partial charge in [-0.05, 0) is 85.2 Å². The zero-order chi connectivity index (χ0) is 24.2. The molecule has 180 valence electrons. The summed E-state index contributed by atoms with van der Waals surface area (Å²) in [4.78, 5) is 27.7. The summed E-state index contributed by atoms with van der Waals surface area (Å²) < 4.78 is 17.9. The molecule has 3 fully saturated rings. The van der Waals surface area contributed by atoms with E-state index in [2.05, 4.69) is 0 Å². The van der Waals surface area contributed by atoms with Crippen molar-refractivity contribution in [3.63, 3.8) is 0 Å². The second kappa shape index (κ2) is 8.42. The molecule has 3 aliphatic rings. The Morgan fingerprint density at radius 3 is 2.00 bits per heavy atom. The van der Waals surface area contributed by atoms with E-state index < -0.39 is 12.7 Å². The summed E-state index contributed by atoms with van der Waals surface area (Å²) in [6.45, 7) is 13.8. The van der Waals surface area contributed by atoms with Gasteiger partial charge in [-0.25, -0.2) is 4.79 Å². The van der Waals surface area contributed by atoms with E-state index >= 15 is 0 Å². The van der Waals surface area contributed by atoms with Crippen LogP contribution in [0.3, 0.4) is 0 Å². The fourth-order valence-corrected chi connectivity index (χ4v) is 5.17. The van der Waals surface area contributed by atoms with Gasteiger partial charge in [0.05, 0.1) is 11.2 Å². The van der Waals surface area contributed by atoms with Crippen LogP contribution in [0.25, 0.3) is 0 Å². The van der Waals surface area contributed by atoms with Crippen molar-refractivity contribution in [3.05, 3.63) is 29.8 Å². The summed E-state index contributed by atoms with van der Waals surface area (Å²) in [5.41, 5.74) is 0.713. The molecule has 0 spiro atoms. The van der Waals surface area contributed by atoms with Crippen molar-refractivity contribution in [2.24, 2.45) is 5.92 Å². The van der Waals surface area contributed by atoms with Gasteiger partial charge in [-0.2, -0.15) is 0 Å². The lowest BCUT2D eigenvalue weighted by Crippen LogP contribution is -2.49. The number of amides is 1. The molecule has 0 N–H and O–H groups in total. The molecule has 0 radical (unpaired) electrons. The van der Waals surface area contributed by atoms with Gasteiger partial charge in [0.2, 0.25) is 0 Å². The van der Waals surface area contributed by atoms with Crippen LogP contribution in [0.4, 0.5) is 4.79 Å². The fraction of sp³-hybridized carbons (Fsp3) is 0.692. The average Bonchev–Trinajstić information content (AvgIpc) is 3.08. The van der Waals surface area contributed by atoms with Crippen LogP contribution in [-0.2, 0) is 25.3 Å². The molecular weight excluding hydrogens is 417 g/mol. The molecule has 2 unspecified atom stereocenters. The number of benzene rings is 1. The molecule has 1 aromatic carbocycles. The Bertz CT molecular complexity index is 874. The maximum Gasteiger partial charge on any atom is 0.494 e. The van der Waals surface area contributed by atoms with Crippen LogP contribution in [0.2, 0.25) is 0 Å². The van der Waals surface area contributed by atoms with Crippen LogP contribution >= 0.6 is 0 Å². The van der Waals surface area contributed by atoms with E-state index in [4.69, 9.17) is 14.0 Å². The summed E-state index contributed by atoms with van der Waals surface area (Å²) in [5, 5.41) is 0. The minimum atomic E-state index is -0.505. The van der Waals surface area contributed by atoms with E-state index in [9.17, 15) is 9.59 Å². The summed E-state index contributed by atoms with van der Waals surface area (Å²) in [7, 11) is -0.396. The zero-order valence-corrected chi connectivity index (χ0v) is 21.1. The lowest BCUT2D eigenvalue weighted by Gasteiger charge is -2.39. The monoisotopic (exact) mass is 455 g/mol. The molecule has 2 bridgehead atoms. The van der Waals surface area contributed by atoms with Crippen LogP contribution in [0.5, 0.6) is 0 Å². The third kappa shape index (κ3) is 4.99. The summed E-state index contributed by atoms with van der Waals surface area (Å²) in [5.74, 6) is 0.267. The predicted octanol–water partition coefficient (Wildman–Crippen LogP) is 4.28. The van der Waals surface area contributed by atoms with Gasteiger partial charge in [-0.3, -0.25) is 4.79 Å². The first-order valence-corrected chi connectivity index (χ1v) is 12.2. The number of hydrogen-bond donors (Lipinski definition) is 0. The molecule has 0 aromatic heterocycles. The smallest absolute Gasteiger partial charge is 0.444 e. The Morgan fingerprint density at radius 1 is 1.00 bits per heavy atom. The molecule has 4 rings (SSSR count). The second-order valence-electron chi connectivity index (χ2n) is 11.9. The second-order valence-corrected chi connectivity index (χ2v) is 11.9. The topological polar surface area (TPSA) is 65.1 Å². The largest absolute Gasteiger partial charge is 0.494 e. The molecule has 3 heterocycles. The summed E-state index contributed by atoms with van der Waals surface area (Å²) >= 11 is 0. The Labute approximate surface area is 198 Å². The fourth-order valence-electron chi connectivity index (χ4n) is 5.17. The number of carbonyl (C=O) groups excluding carboxylic acids is 2. The lowest BCUT2D eigenvalue weighted by atomic mass is 9.78. The maximum atomic E-state index is 13.1. The van der Waals surface area contributed by atoms with Crippen molar-refractivity contribution in [1.82, 2.24) is 4.90 Å². The highest BCUT2D eigenvalue weighted by molar-refractivity contribution is 6.62. The molecule has 3 aliphatic heterocycles. The quantitative estimate of drug-likeness (QED) is 0.635. The standard InChI is InChI=1S/C26H38BNO5/c1-24(2,3)31-23(30)28-20-12-13-21(28)16-18(15-20)22(29)14-17-8-10-19(11-9-17)27-32-25(4,5)26(6,7)33-27/h8-11,18,20-21H,12-16H2,1-7H3. The van der Waals surface area contributed by atoms with Gasteiger partial charge in [-0.1, -0.05) is 24.3 Å². The lowest BCUT2D eigenvalue weighted by molar-refractivity contribution is -0.124. The molecule has 6 nitrogen and oxygen atoms in total. The van der Waals surface area contributed by atoms with Gasteiger partial charge in [0.1, 0.15) is 11.4 Å². The number of ketones is 1. The number of fused-ring (bicyclic) bond motifs is 2. The average molecular weight is 455 g/mol. The highest BCUT2D eigenvalue weighted by atomic mass is 16.7. The van der Waals surface area contributed by atoms with E-state index in [1.54, 1.807) is 0 Å². The van der Waals surface area contributed by atoms with E-state index in [0.717, 1.165) is 36.7 Å². The number of carbonyl (C=O) groups is 2. The molecule has 7 heteroatoms. The Morgan fingerprint density at radius 2 is 1.52 bits per heavy atom. The number of piperidine rings is 1. The number of hydrogen-bond acceptors (Lipinski definition) is 5. The molecule has 3 saturated heterocycles. The number of ether oxygens (including phenoxy) is 1. The van der Waals surface area contributed by atoms with Crippen molar-refractivity contribution < 1.29 is 23.6 Å². The zero-order valence-electron chi connectivity index (χ0n) is 21.1. The van der Waals surface area contributed by atoms with Gasteiger partial charge in [-0.15, -0.1) is 0 Å². The summed E-state index contributed by atoms with van der Waals surface area (Å²) in [6.07, 6.45) is 3.56. The Balaban J connectivity index is 1.35. The first kappa shape index (κ1) is 24.3. The number of Topliss-reactive ketones (excluding diaryl/α,β-unsaturated/α-hetero) is 1. The van der Waals surface area contributed by atoms with Crippen LogP contribution in [0, 0.1) is 5.92 Å². The first-order valence-electron chi connectivity index (χ1n) is 12.2. The number of rotatable bonds is 4. The van der Waals surface area contributed by atoms with E-state index in [-0.39, 0.29) is 41.1 Å². The van der Waals surface area contributed by atoms with Crippen LogP contribution < -0.4 is 5.46 Å². The van der Waals surface area contributed by atoms with Crippen LogP contribution in [0.15, 0.2) is 24.3 Å². The highest BCUT2D eigenvalue weighted by Crippen LogP contribution is 2.40.